The van der Waals surface area contributed by atoms with Crippen LogP contribution in [0, 0.1) is 6.92 Å². The third kappa shape index (κ3) is 3.45. The first kappa shape index (κ1) is 18.4. The molecule has 1 aliphatic heterocycles. The van der Waals surface area contributed by atoms with Crippen LogP contribution in [0.1, 0.15) is 19.6 Å². The van der Waals surface area contributed by atoms with E-state index in [-0.39, 0.29) is 18.0 Å². The van der Waals surface area contributed by atoms with Crippen molar-refractivity contribution >= 4 is 23.4 Å². The summed E-state index contributed by atoms with van der Waals surface area (Å²) in [7, 11) is 0. The zero-order valence-electron chi connectivity index (χ0n) is 15.8. The predicted molar refractivity (Wildman–Crippen MR) is 105 cm³/mol. The van der Waals surface area contributed by atoms with Crippen LogP contribution in [0.3, 0.4) is 0 Å². The van der Waals surface area contributed by atoms with E-state index >= 15 is 0 Å². The Balaban J connectivity index is 1.47. The highest BCUT2D eigenvalue weighted by Gasteiger charge is 2.22. The van der Waals surface area contributed by atoms with Crippen LogP contribution >= 0.6 is 11.8 Å². The Morgan fingerprint density at radius 3 is 2.86 bits per heavy atom. The standard InChI is InChI=1S/C19H20N4O4S/c1-4-23-17(14-7-8-25-11(14)2)21-22-19(23)28-12(3)18(24)20-13-5-6-15-16(9-13)27-10-26-15/h5-9,12H,4,10H2,1-3H3,(H,20,24)/t12-/m1/s1. The number of thioether (sulfide) groups is 1. The molecule has 1 aromatic carbocycles. The fourth-order valence-electron chi connectivity index (χ4n) is 2.91. The smallest absolute Gasteiger partial charge is 0.237 e. The van der Waals surface area contributed by atoms with Gasteiger partial charge in [-0.3, -0.25) is 4.79 Å². The number of fused-ring (bicyclic) bond motifs is 1. The summed E-state index contributed by atoms with van der Waals surface area (Å²) in [5, 5.41) is 11.8. The number of hydrogen-bond acceptors (Lipinski definition) is 7. The van der Waals surface area contributed by atoms with E-state index in [1.54, 1.807) is 24.5 Å². The van der Waals surface area contributed by atoms with E-state index in [2.05, 4.69) is 15.5 Å². The van der Waals surface area contributed by atoms with E-state index in [1.807, 2.05) is 31.4 Å². The highest BCUT2D eigenvalue weighted by atomic mass is 32.2. The molecular weight excluding hydrogens is 380 g/mol. The van der Waals surface area contributed by atoms with Crippen LogP contribution in [0.25, 0.3) is 11.4 Å². The molecule has 0 bridgehead atoms. The molecule has 4 rings (SSSR count). The second kappa shape index (κ2) is 7.59. The fraction of sp³-hybridized carbons (Fsp3) is 0.316. The van der Waals surface area contributed by atoms with Gasteiger partial charge in [0.15, 0.2) is 22.5 Å². The van der Waals surface area contributed by atoms with Gasteiger partial charge in [0.2, 0.25) is 12.7 Å². The number of carbonyl (C=O) groups is 1. The van der Waals surface area contributed by atoms with Crippen molar-refractivity contribution < 1.29 is 18.7 Å². The Hall–Kier alpha value is -2.94. The first-order valence-electron chi connectivity index (χ1n) is 8.91. The van der Waals surface area contributed by atoms with E-state index in [0.29, 0.717) is 28.9 Å². The molecule has 0 unspecified atom stereocenters. The van der Waals surface area contributed by atoms with Gasteiger partial charge in [-0.2, -0.15) is 0 Å². The van der Waals surface area contributed by atoms with Crippen LogP contribution in [-0.2, 0) is 11.3 Å². The van der Waals surface area contributed by atoms with E-state index in [9.17, 15) is 4.79 Å². The molecule has 3 aromatic rings. The predicted octanol–water partition coefficient (Wildman–Crippen LogP) is 3.71. The third-order valence-corrected chi connectivity index (χ3v) is 5.50. The summed E-state index contributed by atoms with van der Waals surface area (Å²) >= 11 is 1.36. The molecule has 9 heteroatoms. The van der Waals surface area contributed by atoms with Crippen molar-refractivity contribution in [2.75, 3.05) is 12.1 Å². The Morgan fingerprint density at radius 2 is 2.11 bits per heavy atom. The van der Waals surface area contributed by atoms with Crippen LogP contribution in [0.4, 0.5) is 5.69 Å². The Bertz CT molecular complexity index is 1010. The monoisotopic (exact) mass is 400 g/mol. The zero-order chi connectivity index (χ0) is 19.7. The van der Waals surface area contributed by atoms with Crippen molar-refractivity contribution in [3.8, 4) is 22.9 Å². The number of nitrogens with one attached hydrogen (secondary N) is 1. The molecular formula is C19H20N4O4S. The van der Waals surface area contributed by atoms with E-state index < -0.39 is 0 Å². The van der Waals surface area contributed by atoms with Crippen molar-refractivity contribution in [3.63, 3.8) is 0 Å². The quantitative estimate of drug-likeness (QED) is 0.631. The summed E-state index contributed by atoms with van der Waals surface area (Å²) in [5.41, 5.74) is 1.56. The Morgan fingerprint density at radius 1 is 1.29 bits per heavy atom. The maximum atomic E-state index is 12.6. The van der Waals surface area contributed by atoms with Gasteiger partial charge in [0.05, 0.1) is 17.1 Å². The maximum absolute atomic E-state index is 12.6. The van der Waals surface area contributed by atoms with Gasteiger partial charge in [-0.15, -0.1) is 10.2 Å². The number of anilines is 1. The first-order chi connectivity index (χ1) is 13.6. The van der Waals surface area contributed by atoms with Crippen LogP contribution in [0.5, 0.6) is 11.5 Å². The normalized spacial score (nSPS) is 13.5. The Kier molecular flexibility index (Phi) is 4.99. The van der Waals surface area contributed by atoms with Crippen LogP contribution in [0.15, 0.2) is 40.1 Å². The molecule has 146 valence electrons. The van der Waals surface area contributed by atoms with E-state index in [4.69, 9.17) is 13.9 Å². The summed E-state index contributed by atoms with van der Waals surface area (Å²) in [5.74, 6) is 2.70. The van der Waals surface area contributed by atoms with Gasteiger partial charge in [0.1, 0.15) is 5.76 Å². The van der Waals surface area contributed by atoms with Crippen molar-refractivity contribution in [1.29, 1.82) is 0 Å². The molecule has 1 N–H and O–H groups in total. The number of furan rings is 1. The van der Waals surface area contributed by atoms with Crippen LogP contribution < -0.4 is 14.8 Å². The lowest BCUT2D eigenvalue weighted by Gasteiger charge is -2.13. The molecule has 1 amide bonds. The number of aromatic nitrogens is 3. The number of hydrogen-bond donors (Lipinski definition) is 1. The molecule has 2 aromatic heterocycles. The Labute approximate surface area is 166 Å². The van der Waals surface area contributed by atoms with Gasteiger partial charge in [-0.05, 0) is 39.0 Å². The minimum absolute atomic E-state index is 0.129. The van der Waals surface area contributed by atoms with Crippen molar-refractivity contribution in [3.05, 3.63) is 36.3 Å². The summed E-state index contributed by atoms with van der Waals surface area (Å²) in [4.78, 5) is 12.6. The van der Waals surface area contributed by atoms with Gasteiger partial charge in [0, 0.05) is 18.3 Å². The average Bonchev–Trinajstić information content (AvgIpc) is 3.40. The van der Waals surface area contributed by atoms with Gasteiger partial charge < -0.3 is 23.8 Å². The molecule has 8 nitrogen and oxygen atoms in total. The van der Waals surface area contributed by atoms with Crippen molar-refractivity contribution in [2.45, 2.75) is 37.7 Å². The number of nitrogens with zero attached hydrogens (tertiary/aromatic N) is 3. The molecule has 1 aliphatic rings. The number of carbonyl (C=O) groups excluding carboxylic acids is 1. The van der Waals surface area contributed by atoms with Crippen LogP contribution in [0.2, 0.25) is 0 Å². The number of benzene rings is 1. The average molecular weight is 400 g/mol. The minimum atomic E-state index is -0.363. The molecule has 28 heavy (non-hydrogen) atoms. The zero-order valence-corrected chi connectivity index (χ0v) is 16.6. The topological polar surface area (TPSA) is 91.4 Å². The third-order valence-electron chi connectivity index (χ3n) is 4.42. The number of rotatable bonds is 6. The SMILES string of the molecule is CCn1c(S[C@H](C)C(=O)Nc2ccc3c(c2)OCO3)nnc1-c1ccoc1C. The number of aryl methyl sites for hydroxylation is 1. The van der Waals surface area contributed by atoms with Gasteiger partial charge in [0.25, 0.3) is 0 Å². The maximum Gasteiger partial charge on any atom is 0.237 e. The van der Waals surface area contributed by atoms with Crippen LogP contribution in [-0.4, -0.2) is 32.7 Å². The fourth-order valence-corrected chi connectivity index (χ4v) is 3.82. The molecule has 0 spiro atoms. The lowest BCUT2D eigenvalue weighted by Crippen LogP contribution is -2.22. The highest BCUT2D eigenvalue weighted by Crippen LogP contribution is 2.35. The first-order valence-corrected chi connectivity index (χ1v) is 9.79. The van der Waals surface area contributed by atoms with Gasteiger partial charge in [-0.25, -0.2) is 0 Å². The van der Waals surface area contributed by atoms with Crippen molar-refractivity contribution in [1.82, 2.24) is 14.8 Å². The largest absolute Gasteiger partial charge is 0.469 e. The lowest BCUT2D eigenvalue weighted by atomic mass is 10.2. The number of amides is 1. The molecule has 0 aliphatic carbocycles. The summed E-state index contributed by atoms with van der Waals surface area (Å²) < 4.78 is 18.0. The molecule has 0 saturated carbocycles. The summed E-state index contributed by atoms with van der Waals surface area (Å²) in [6.45, 7) is 6.63. The van der Waals surface area contributed by atoms with E-state index in [1.165, 1.54) is 11.8 Å². The summed E-state index contributed by atoms with van der Waals surface area (Å²) in [6.07, 6.45) is 1.63. The molecule has 0 saturated heterocycles. The van der Waals surface area contributed by atoms with Gasteiger partial charge >= 0.3 is 0 Å². The van der Waals surface area contributed by atoms with E-state index in [0.717, 1.165) is 17.1 Å². The molecule has 1 atom stereocenters. The molecule has 0 fully saturated rings. The minimum Gasteiger partial charge on any atom is -0.469 e. The molecule has 3 heterocycles. The highest BCUT2D eigenvalue weighted by molar-refractivity contribution is 8.00. The molecule has 0 radical (unpaired) electrons. The summed E-state index contributed by atoms with van der Waals surface area (Å²) in [6, 6.07) is 7.20. The van der Waals surface area contributed by atoms with Gasteiger partial charge in [-0.1, -0.05) is 11.8 Å². The van der Waals surface area contributed by atoms with Crippen molar-refractivity contribution in [2.24, 2.45) is 0 Å². The second-order valence-corrected chi connectivity index (χ2v) is 7.57. The number of ether oxygens (including phenoxy) is 2. The lowest BCUT2D eigenvalue weighted by molar-refractivity contribution is -0.115. The second-order valence-electron chi connectivity index (χ2n) is 6.26.